The van der Waals surface area contributed by atoms with Crippen LogP contribution in [0.25, 0.3) is 11.2 Å². The van der Waals surface area contributed by atoms with Gasteiger partial charge in [-0.25, -0.2) is 9.78 Å². The summed E-state index contributed by atoms with van der Waals surface area (Å²) in [5.41, 5.74) is 0.409. The Kier molecular flexibility index (Phi) is 6.99. The molecule has 0 aliphatic carbocycles. The molecule has 1 unspecified atom stereocenters. The lowest BCUT2D eigenvalue weighted by Gasteiger charge is -2.12. The minimum Gasteiger partial charge on any atom is -0.393 e. The standard InChI is InChI=1S/C18H30N4O3/c1-4-5-6-8-12-22-17(24)15-16(19-13-20(15)3)21(18(22)25)11-9-7-10-14(2)23/h13-14,23H,4-12H2,1-3H3. The maximum absolute atomic E-state index is 12.8. The first-order chi connectivity index (χ1) is 12.0. The minimum atomic E-state index is -0.334. The predicted octanol–water partition coefficient (Wildman–Crippen LogP) is 2.03. The van der Waals surface area contributed by atoms with Crippen molar-refractivity contribution in [3.63, 3.8) is 0 Å². The van der Waals surface area contributed by atoms with Crippen molar-refractivity contribution in [2.75, 3.05) is 0 Å². The molecule has 2 heterocycles. The van der Waals surface area contributed by atoms with Gasteiger partial charge in [-0.2, -0.15) is 0 Å². The molecule has 0 radical (unpaired) electrons. The molecule has 1 N–H and O–H groups in total. The molecule has 7 nitrogen and oxygen atoms in total. The highest BCUT2D eigenvalue weighted by Gasteiger charge is 2.16. The van der Waals surface area contributed by atoms with E-state index >= 15 is 0 Å². The Morgan fingerprint density at radius 3 is 2.44 bits per heavy atom. The van der Waals surface area contributed by atoms with Gasteiger partial charge in [0.15, 0.2) is 11.2 Å². The van der Waals surface area contributed by atoms with E-state index < -0.39 is 0 Å². The van der Waals surface area contributed by atoms with Gasteiger partial charge in [-0.15, -0.1) is 0 Å². The number of unbranched alkanes of at least 4 members (excludes halogenated alkanes) is 4. The quantitative estimate of drug-likeness (QED) is 0.665. The molecule has 0 bridgehead atoms. The molecule has 2 rings (SSSR count). The van der Waals surface area contributed by atoms with E-state index in [2.05, 4.69) is 11.9 Å². The van der Waals surface area contributed by atoms with Crippen LogP contribution in [0.3, 0.4) is 0 Å². The monoisotopic (exact) mass is 350 g/mol. The third kappa shape index (κ3) is 4.60. The molecule has 0 aliphatic heterocycles. The summed E-state index contributed by atoms with van der Waals surface area (Å²) in [4.78, 5) is 29.8. The van der Waals surface area contributed by atoms with Crippen molar-refractivity contribution in [1.82, 2.24) is 18.7 Å². The van der Waals surface area contributed by atoms with Gasteiger partial charge in [0.25, 0.3) is 5.56 Å². The maximum Gasteiger partial charge on any atom is 0.332 e. The number of imidazole rings is 1. The largest absolute Gasteiger partial charge is 0.393 e. The highest BCUT2D eigenvalue weighted by Crippen LogP contribution is 2.08. The van der Waals surface area contributed by atoms with Crippen molar-refractivity contribution >= 4 is 11.2 Å². The first-order valence-electron chi connectivity index (χ1n) is 9.30. The van der Waals surface area contributed by atoms with Crippen LogP contribution in [0.5, 0.6) is 0 Å². The number of hydrogen-bond donors (Lipinski definition) is 1. The van der Waals surface area contributed by atoms with E-state index in [1.165, 1.54) is 4.57 Å². The number of aryl methyl sites for hydroxylation is 2. The van der Waals surface area contributed by atoms with E-state index in [1.54, 1.807) is 29.4 Å². The summed E-state index contributed by atoms with van der Waals surface area (Å²) in [5, 5.41) is 9.37. The molecule has 0 fully saturated rings. The number of nitrogens with zero attached hydrogens (tertiary/aromatic N) is 4. The second-order valence-electron chi connectivity index (χ2n) is 6.82. The Morgan fingerprint density at radius 1 is 1.08 bits per heavy atom. The van der Waals surface area contributed by atoms with Crippen LogP contribution in [-0.4, -0.2) is 29.9 Å². The van der Waals surface area contributed by atoms with Gasteiger partial charge in [-0.3, -0.25) is 13.9 Å². The molecule has 2 aromatic heterocycles. The lowest BCUT2D eigenvalue weighted by molar-refractivity contribution is 0.180. The van der Waals surface area contributed by atoms with Gasteiger partial charge in [0.05, 0.1) is 12.4 Å². The highest BCUT2D eigenvalue weighted by molar-refractivity contribution is 5.69. The van der Waals surface area contributed by atoms with E-state index in [4.69, 9.17) is 0 Å². The Bertz CT molecular complexity index is 801. The van der Waals surface area contributed by atoms with Crippen molar-refractivity contribution in [2.45, 2.75) is 78.0 Å². The number of aliphatic hydroxyl groups is 1. The lowest BCUT2D eigenvalue weighted by Crippen LogP contribution is -2.40. The molecule has 0 spiro atoms. The van der Waals surface area contributed by atoms with E-state index in [-0.39, 0.29) is 17.4 Å². The van der Waals surface area contributed by atoms with Crippen LogP contribution in [0, 0.1) is 0 Å². The van der Waals surface area contributed by atoms with Crippen molar-refractivity contribution in [3.05, 3.63) is 27.2 Å². The summed E-state index contributed by atoms with van der Waals surface area (Å²) in [6.07, 6.45) is 7.61. The van der Waals surface area contributed by atoms with Gasteiger partial charge in [-0.05, 0) is 32.6 Å². The van der Waals surface area contributed by atoms with E-state index in [0.29, 0.717) is 30.7 Å². The van der Waals surface area contributed by atoms with E-state index in [9.17, 15) is 14.7 Å². The molecule has 25 heavy (non-hydrogen) atoms. The molecule has 2 aromatic rings. The molecule has 0 saturated carbocycles. The van der Waals surface area contributed by atoms with Crippen LogP contribution in [0.4, 0.5) is 0 Å². The maximum atomic E-state index is 12.8. The number of aromatic nitrogens is 4. The fourth-order valence-electron chi connectivity index (χ4n) is 3.12. The molecule has 140 valence electrons. The second kappa shape index (κ2) is 8.99. The van der Waals surface area contributed by atoms with Crippen molar-refractivity contribution in [3.8, 4) is 0 Å². The fourth-order valence-corrected chi connectivity index (χ4v) is 3.12. The average molecular weight is 350 g/mol. The third-order valence-corrected chi connectivity index (χ3v) is 4.57. The fraction of sp³-hybridized carbons (Fsp3) is 0.722. The molecule has 0 aliphatic rings. The van der Waals surface area contributed by atoms with Crippen molar-refractivity contribution < 1.29 is 5.11 Å². The Morgan fingerprint density at radius 2 is 1.76 bits per heavy atom. The summed E-state index contributed by atoms with van der Waals surface area (Å²) >= 11 is 0. The van der Waals surface area contributed by atoms with Crippen molar-refractivity contribution in [1.29, 1.82) is 0 Å². The Balaban J connectivity index is 2.32. The van der Waals surface area contributed by atoms with Crippen LogP contribution in [0.2, 0.25) is 0 Å². The van der Waals surface area contributed by atoms with E-state index in [1.807, 2.05) is 0 Å². The summed E-state index contributed by atoms with van der Waals surface area (Å²) < 4.78 is 4.65. The highest BCUT2D eigenvalue weighted by atomic mass is 16.3. The molecule has 1 atom stereocenters. The molecule has 7 heteroatoms. The van der Waals surface area contributed by atoms with Crippen LogP contribution in [0.15, 0.2) is 15.9 Å². The van der Waals surface area contributed by atoms with Crippen molar-refractivity contribution in [2.24, 2.45) is 7.05 Å². The van der Waals surface area contributed by atoms with Gasteiger partial charge >= 0.3 is 5.69 Å². The minimum absolute atomic E-state index is 0.253. The SMILES string of the molecule is CCCCCCn1c(=O)c2c(ncn2C)n(CCCCC(C)O)c1=O. The van der Waals surface area contributed by atoms with Crippen LogP contribution in [-0.2, 0) is 20.1 Å². The first-order valence-corrected chi connectivity index (χ1v) is 9.30. The zero-order valence-corrected chi connectivity index (χ0v) is 15.6. The Hall–Kier alpha value is -1.89. The predicted molar refractivity (Wildman–Crippen MR) is 98.9 cm³/mol. The van der Waals surface area contributed by atoms with Gasteiger partial charge in [-0.1, -0.05) is 26.2 Å². The number of rotatable bonds is 10. The Labute approximate surface area is 147 Å². The molecule has 0 aromatic carbocycles. The van der Waals surface area contributed by atoms with Gasteiger partial charge in [0.2, 0.25) is 0 Å². The normalized spacial score (nSPS) is 12.8. The topological polar surface area (TPSA) is 82.1 Å². The van der Waals surface area contributed by atoms with E-state index in [0.717, 1.165) is 38.5 Å². The van der Waals surface area contributed by atoms with Gasteiger partial charge < -0.3 is 9.67 Å². The zero-order chi connectivity index (χ0) is 18.4. The average Bonchev–Trinajstić information content (AvgIpc) is 2.95. The first kappa shape index (κ1) is 19.4. The number of aliphatic hydroxyl groups excluding tert-OH is 1. The molecule has 0 amide bonds. The summed E-state index contributed by atoms with van der Waals surface area (Å²) in [6, 6.07) is 0. The summed E-state index contributed by atoms with van der Waals surface area (Å²) in [7, 11) is 1.78. The smallest absolute Gasteiger partial charge is 0.332 e. The summed E-state index contributed by atoms with van der Waals surface area (Å²) in [6.45, 7) is 4.86. The lowest BCUT2D eigenvalue weighted by atomic mass is 10.2. The summed E-state index contributed by atoms with van der Waals surface area (Å²) in [5.74, 6) is 0. The van der Waals surface area contributed by atoms with Crippen LogP contribution in [0.1, 0.15) is 58.8 Å². The van der Waals surface area contributed by atoms with Gasteiger partial charge in [0, 0.05) is 20.1 Å². The molecule has 0 saturated heterocycles. The third-order valence-electron chi connectivity index (χ3n) is 4.57. The van der Waals surface area contributed by atoms with Crippen LogP contribution < -0.4 is 11.2 Å². The zero-order valence-electron chi connectivity index (χ0n) is 15.6. The number of fused-ring (bicyclic) bond motifs is 1. The second-order valence-corrected chi connectivity index (χ2v) is 6.82. The van der Waals surface area contributed by atoms with Crippen LogP contribution >= 0.6 is 0 Å². The molecular formula is C18H30N4O3. The van der Waals surface area contributed by atoms with Gasteiger partial charge in [0.1, 0.15) is 0 Å². The molecular weight excluding hydrogens is 320 g/mol. The number of hydrogen-bond acceptors (Lipinski definition) is 4.